The number of piperidine rings is 1. The molecule has 2 amide bonds. The lowest BCUT2D eigenvalue weighted by Gasteiger charge is -2.45. The van der Waals surface area contributed by atoms with Gasteiger partial charge in [0.15, 0.2) is 0 Å². The summed E-state index contributed by atoms with van der Waals surface area (Å²) in [5.41, 5.74) is 0.876. The lowest BCUT2D eigenvalue weighted by molar-refractivity contribution is -0.00333. The van der Waals surface area contributed by atoms with Crippen molar-refractivity contribution in [2.45, 2.75) is 78.4 Å². The Labute approximate surface area is 192 Å². The van der Waals surface area contributed by atoms with E-state index in [-0.39, 0.29) is 17.4 Å². The quantitative estimate of drug-likeness (QED) is 0.659. The molecule has 3 rings (SSSR count). The van der Waals surface area contributed by atoms with Crippen molar-refractivity contribution in [1.29, 1.82) is 0 Å². The summed E-state index contributed by atoms with van der Waals surface area (Å²) in [5, 5.41) is 8.12. The molecule has 1 aromatic heterocycles. The minimum Gasteiger partial charge on any atom is -0.444 e. The van der Waals surface area contributed by atoms with E-state index in [0.717, 1.165) is 63.9 Å². The summed E-state index contributed by atoms with van der Waals surface area (Å²) in [7, 11) is 1.88. The fourth-order valence-corrected chi connectivity index (χ4v) is 4.99. The molecule has 3 heterocycles. The zero-order valence-electron chi connectivity index (χ0n) is 20.6. The number of ether oxygens (including phenoxy) is 1. The summed E-state index contributed by atoms with van der Waals surface area (Å²) in [6, 6.07) is 1.89. The predicted molar refractivity (Wildman–Crippen MR) is 125 cm³/mol. The summed E-state index contributed by atoms with van der Waals surface area (Å²) in [6.07, 6.45) is 5.72. The molecule has 1 N–H and O–H groups in total. The van der Waals surface area contributed by atoms with Crippen LogP contribution in [-0.2, 0) is 11.3 Å². The molecule has 0 aromatic carbocycles. The average molecular weight is 448 g/mol. The Morgan fingerprint density at radius 3 is 2.56 bits per heavy atom. The first-order chi connectivity index (χ1) is 15.1. The van der Waals surface area contributed by atoms with Crippen molar-refractivity contribution in [3.63, 3.8) is 0 Å². The van der Waals surface area contributed by atoms with E-state index in [1.807, 2.05) is 55.3 Å². The summed E-state index contributed by atoms with van der Waals surface area (Å²) >= 11 is 0. The molecule has 2 aliphatic heterocycles. The third kappa shape index (κ3) is 6.47. The van der Waals surface area contributed by atoms with Crippen LogP contribution in [0.5, 0.6) is 0 Å². The number of likely N-dealkylation sites (tertiary alicyclic amines) is 1. The third-order valence-corrected chi connectivity index (χ3v) is 6.39. The van der Waals surface area contributed by atoms with Gasteiger partial charge in [-0.05, 0) is 85.4 Å². The molecule has 8 heteroatoms. The Bertz CT molecular complexity index is 800. The van der Waals surface area contributed by atoms with E-state index in [9.17, 15) is 9.59 Å². The molecule has 0 aliphatic carbocycles. The maximum atomic E-state index is 13.4. The van der Waals surface area contributed by atoms with Crippen LogP contribution < -0.4 is 5.32 Å². The fraction of sp³-hybridized carbons (Fsp3) is 0.792. The fourth-order valence-electron chi connectivity index (χ4n) is 4.99. The highest BCUT2D eigenvalue weighted by molar-refractivity contribution is 5.92. The maximum absolute atomic E-state index is 13.4. The van der Waals surface area contributed by atoms with Gasteiger partial charge in [0.25, 0.3) is 5.91 Å². The van der Waals surface area contributed by atoms with Crippen LogP contribution in [0.15, 0.2) is 6.07 Å². The van der Waals surface area contributed by atoms with Crippen molar-refractivity contribution in [2.24, 2.45) is 5.41 Å². The molecule has 1 spiro atoms. The van der Waals surface area contributed by atoms with Crippen LogP contribution in [-0.4, -0.2) is 77.0 Å². The number of nitrogens with zero attached hydrogens (tertiary/aromatic N) is 4. The van der Waals surface area contributed by atoms with Gasteiger partial charge in [-0.2, -0.15) is 5.10 Å². The Morgan fingerprint density at radius 2 is 1.81 bits per heavy atom. The summed E-state index contributed by atoms with van der Waals surface area (Å²) in [4.78, 5) is 29.9. The van der Waals surface area contributed by atoms with Gasteiger partial charge in [-0.1, -0.05) is 0 Å². The molecule has 1 fully saturated rings. The first-order valence-electron chi connectivity index (χ1n) is 12.1. The molecule has 180 valence electrons. The number of carbonyl (C=O) groups excluding carboxylic acids is 2. The number of aryl methyl sites for hydroxylation is 2. The lowest BCUT2D eigenvalue weighted by Crippen LogP contribution is -2.52. The number of amides is 2. The summed E-state index contributed by atoms with van der Waals surface area (Å²) in [6.45, 7) is 12.3. The number of carbonyl (C=O) groups is 2. The molecule has 1 atom stereocenters. The van der Waals surface area contributed by atoms with Gasteiger partial charge in [-0.25, -0.2) is 4.79 Å². The Hall–Kier alpha value is -2.09. The molecule has 8 nitrogen and oxygen atoms in total. The van der Waals surface area contributed by atoms with Gasteiger partial charge in [-0.15, -0.1) is 0 Å². The third-order valence-electron chi connectivity index (χ3n) is 6.39. The van der Waals surface area contributed by atoms with Gasteiger partial charge in [0.1, 0.15) is 11.3 Å². The van der Waals surface area contributed by atoms with E-state index in [4.69, 9.17) is 4.74 Å². The lowest BCUT2D eigenvalue weighted by atomic mass is 9.75. The van der Waals surface area contributed by atoms with Gasteiger partial charge in [0, 0.05) is 38.6 Å². The highest BCUT2D eigenvalue weighted by atomic mass is 16.6. The minimum absolute atomic E-state index is 0.00884. The van der Waals surface area contributed by atoms with E-state index in [2.05, 4.69) is 10.4 Å². The minimum atomic E-state index is -0.516. The van der Waals surface area contributed by atoms with Crippen LogP contribution in [0.1, 0.15) is 75.5 Å². The van der Waals surface area contributed by atoms with Crippen molar-refractivity contribution < 1.29 is 14.3 Å². The number of hydrogen-bond acceptors (Lipinski definition) is 5. The van der Waals surface area contributed by atoms with E-state index >= 15 is 0 Å². The Balaban J connectivity index is 1.82. The smallest absolute Gasteiger partial charge is 0.410 e. The molecule has 1 saturated heterocycles. The molecular formula is C24H41N5O3. The summed E-state index contributed by atoms with van der Waals surface area (Å²) in [5.74, 6) is 0.00884. The molecule has 1 aromatic rings. The SMILES string of the molecule is Cc1cc2n(n1)CCCCNCCCC1(CCCN(C(=O)OC(C)(C)C)C1)CN(C)C2=O. The number of hydrogen-bond donors (Lipinski definition) is 1. The maximum Gasteiger partial charge on any atom is 0.410 e. The van der Waals surface area contributed by atoms with Crippen LogP contribution in [0, 0.1) is 12.3 Å². The average Bonchev–Trinajstić information content (AvgIpc) is 3.08. The van der Waals surface area contributed by atoms with Crippen molar-refractivity contribution in [3.8, 4) is 0 Å². The number of aromatic nitrogens is 2. The van der Waals surface area contributed by atoms with E-state index in [1.54, 1.807) is 0 Å². The molecule has 0 radical (unpaired) electrons. The van der Waals surface area contributed by atoms with Gasteiger partial charge in [0.2, 0.25) is 0 Å². The normalized spacial score (nSPS) is 24.2. The number of rotatable bonds is 0. The molecular weight excluding hydrogens is 406 g/mol. The first kappa shape index (κ1) is 24.6. The predicted octanol–water partition coefficient (Wildman–Crippen LogP) is 3.44. The standard InChI is InChI=1S/C24H41N5O3/c1-19-16-20-21(30)27(5)17-24(10-8-13-25-12-6-7-15-29(20)26-19)11-9-14-28(18-24)22(31)32-23(2,3)4/h16,25H,6-15,17-18H2,1-5H3. The Morgan fingerprint density at radius 1 is 1.09 bits per heavy atom. The van der Waals surface area contributed by atoms with Crippen molar-refractivity contribution >= 4 is 12.0 Å². The van der Waals surface area contributed by atoms with Crippen molar-refractivity contribution in [3.05, 3.63) is 17.5 Å². The van der Waals surface area contributed by atoms with Crippen LogP contribution >= 0.6 is 0 Å². The monoisotopic (exact) mass is 447 g/mol. The first-order valence-corrected chi connectivity index (χ1v) is 12.1. The van der Waals surface area contributed by atoms with Crippen molar-refractivity contribution in [1.82, 2.24) is 24.9 Å². The zero-order chi connectivity index (χ0) is 23.4. The van der Waals surface area contributed by atoms with Gasteiger partial charge in [-0.3, -0.25) is 9.48 Å². The molecule has 32 heavy (non-hydrogen) atoms. The second kappa shape index (κ2) is 10.2. The van der Waals surface area contributed by atoms with Crippen molar-refractivity contribution in [2.75, 3.05) is 39.8 Å². The van der Waals surface area contributed by atoms with Crippen LogP contribution in [0.25, 0.3) is 0 Å². The topological polar surface area (TPSA) is 79.7 Å². The highest BCUT2D eigenvalue weighted by Gasteiger charge is 2.40. The van der Waals surface area contributed by atoms with Crippen LogP contribution in [0.2, 0.25) is 0 Å². The molecule has 0 saturated carbocycles. The number of nitrogens with one attached hydrogen (secondary N) is 1. The zero-order valence-corrected chi connectivity index (χ0v) is 20.6. The van der Waals surface area contributed by atoms with Crippen LogP contribution in [0.4, 0.5) is 4.79 Å². The number of fused-ring (bicyclic) bond motifs is 1. The second-order valence-corrected chi connectivity index (χ2v) is 10.6. The van der Waals surface area contributed by atoms with Gasteiger partial charge in [0.05, 0.1) is 5.69 Å². The van der Waals surface area contributed by atoms with Crippen LogP contribution in [0.3, 0.4) is 0 Å². The summed E-state index contributed by atoms with van der Waals surface area (Å²) < 4.78 is 7.52. The van der Waals surface area contributed by atoms with Gasteiger partial charge >= 0.3 is 6.09 Å². The van der Waals surface area contributed by atoms with Gasteiger partial charge < -0.3 is 19.9 Å². The molecule has 1 unspecified atom stereocenters. The largest absolute Gasteiger partial charge is 0.444 e. The van der Waals surface area contributed by atoms with E-state index in [0.29, 0.717) is 25.3 Å². The molecule has 2 aliphatic rings. The van der Waals surface area contributed by atoms with E-state index in [1.165, 1.54) is 0 Å². The molecule has 0 bridgehead atoms. The second-order valence-electron chi connectivity index (χ2n) is 10.6. The Kier molecular flexibility index (Phi) is 7.85. The highest BCUT2D eigenvalue weighted by Crippen LogP contribution is 2.36. The van der Waals surface area contributed by atoms with E-state index < -0.39 is 5.60 Å².